The number of fused-ring (bicyclic) bond motifs is 1. The van der Waals surface area contributed by atoms with Gasteiger partial charge >= 0.3 is 0 Å². The van der Waals surface area contributed by atoms with Crippen LogP contribution in [-0.4, -0.2) is 24.1 Å². The van der Waals surface area contributed by atoms with Gasteiger partial charge in [-0.15, -0.1) is 11.3 Å². The van der Waals surface area contributed by atoms with Crippen molar-refractivity contribution < 1.29 is 19.6 Å². The monoisotopic (exact) mass is 342 g/mol. The highest BCUT2D eigenvalue weighted by Crippen LogP contribution is 2.31. The van der Waals surface area contributed by atoms with Crippen molar-refractivity contribution in [3.8, 4) is 0 Å². The Bertz CT molecular complexity index is 889. The molecule has 0 aliphatic heterocycles. The predicted molar refractivity (Wildman–Crippen MR) is 91.3 cm³/mol. The molecule has 7 heteroatoms. The highest BCUT2D eigenvalue weighted by molar-refractivity contribution is 7.17. The van der Waals surface area contributed by atoms with Crippen LogP contribution in [0, 0.1) is 0 Å². The number of thiophene rings is 1. The molecule has 0 spiro atoms. The van der Waals surface area contributed by atoms with Gasteiger partial charge in [-0.1, -0.05) is 6.07 Å². The second-order valence-electron chi connectivity index (χ2n) is 4.91. The van der Waals surface area contributed by atoms with Crippen LogP contribution in [0.1, 0.15) is 20.7 Å². The first kappa shape index (κ1) is 16.1. The maximum absolute atomic E-state index is 12.7. The quantitative estimate of drug-likeness (QED) is 0.564. The first-order valence-corrected chi connectivity index (χ1v) is 7.93. The van der Waals surface area contributed by atoms with Gasteiger partial charge in [0.05, 0.1) is 12.8 Å². The fourth-order valence-electron chi connectivity index (χ4n) is 2.39. The second-order valence-corrected chi connectivity index (χ2v) is 5.86. The van der Waals surface area contributed by atoms with Gasteiger partial charge in [-0.3, -0.25) is 19.6 Å². The van der Waals surface area contributed by atoms with Crippen molar-refractivity contribution in [2.45, 2.75) is 0 Å². The van der Waals surface area contributed by atoms with Gasteiger partial charge in [-0.25, -0.2) is 5.48 Å². The molecule has 0 aliphatic carbocycles. The number of carbonyl (C=O) groups excluding carboxylic acids is 2. The molecule has 0 atom stereocenters. The van der Waals surface area contributed by atoms with Crippen molar-refractivity contribution in [2.75, 3.05) is 12.2 Å². The summed E-state index contributed by atoms with van der Waals surface area (Å²) in [5.41, 5.74) is 2.81. The van der Waals surface area contributed by atoms with Gasteiger partial charge in [-0.05, 0) is 47.8 Å². The smallest absolute Gasteiger partial charge is 0.282 e. The van der Waals surface area contributed by atoms with Crippen LogP contribution >= 0.6 is 11.3 Å². The first-order chi connectivity index (χ1) is 11.7. The number of nitrogens with one attached hydrogen (secondary N) is 1. The average Bonchev–Trinajstić information content (AvgIpc) is 3.11. The van der Waals surface area contributed by atoms with Gasteiger partial charge < -0.3 is 0 Å². The fraction of sp³-hybridized carbons (Fsp3) is 0.0588. The number of nitrogens with zero attached hydrogens (tertiary/aromatic N) is 1. The Hall–Kier alpha value is -2.74. The Kier molecular flexibility index (Phi) is 4.57. The molecule has 0 saturated carbocycles. The number of rotatable bonds is 4. The molecule has 0 aliphatic rings. The van der Waals surface area contributed by atoms with Gasteiger partial charge in [0.2, 0.25) is 0 Å². The summed E-state index contributed by atoms with van der Waals surface area (Å²) in [6, 6.07) is 13.5. The highest BCUT2D eigenvalue weighted by atomic mass is 32.1. The van der Waals surface area contributed by atoms with Crippen LogP contribution in [0.25, 0.3) is 10.1 Å². The highest BCUT2D eigenvalue weighted by Gasteiger charge is 2.20. The normalized spacial score (nSPS) is 10.6. The van der Waals surface area contributed by atoms with E-state index in [-0.39, 0.29) is 11.5 Å². The number of carbonyl (C=O) groups is 2. The lowest BCUT2D eigenvalue weighted by Gasteiger charge is -2.20. The Morgan fingerprint density at radius 2 is 1.79 bits per heavy atom. The lowest BCUT2D eigenvalue weighted by atomic mass is 10.1. The van der Waals surface area contributed by atoms with Crippen LogP contribution in [0.15, 0.2) is 53.9 Å². The van der Waals surface area contributed by atoms with E-state index in [9.17, 15) is 9.59 Å². The number of benzene rings is 2. The molecule has 0 radical (unpaired) electrons. The van der Waals surface area contributed by atoms with Crippen molar-refractivity contribution >= 4 is 38.9 Å². The molecule has 0 saturated heterocycles. The van der Waals surface area contributed by atoms with Crippen LogP contribution in [0.5, 0.6) is 0 Å². The third-order valence-corrected chi connectivity index (χ3v) is 4.44. The van der Waals surface area contributed by atoms with E-state index in [0.29, 0.717) is 11.3 Å². The third kappa shape index (κ3) is 2.88. The summed E-state index contributed by atoms with van der Waals surface area (Å²) in [6.07, 6.45) is 0. The Balaban J connectivity index is 1.95. The predicted octanol–water partition coefficient (Wildman–Crippen LogP) is 3.23. The van der Waals surface area contributed by atoms with E-state index in [1.165, 1.54) is 36.4 Å². The molecule has 6 nitrogen and oxygen atoms in total. The van der Waals surface area contributed by atoms with E-state index in [4.69, 9.17) is 10.0 Å². The zero-order valence-electron chi connectivity index (χ0n) is 12.7. The summed E-state index contributed by atoms with van der Waals surface area (Å²) >= 11 is 1.58. The summed E-state index contributed by atoms with van der Waals surface area (Å²) in [7, 11) is 1.43. The summed E-state index contributed by atoms with van der Waals surface area (Å²) in [5, 5.41) is 12.7. The molecular formula is C17H14N2O4S. The molecule has 24 heavy (non-hydrogen) atoms. The molecule has 0 fully saturated rings. The summed E-state index contributed by atoms with van der Waals surface area (Å²) < 4.78 is 1.05. The number of anilines is 1. The SMILES string of the molecule is CON(C(=O)c1ccc(C(=O)NO)cc1)c1cccc2sccc12. The number of hydrogen-bond donors (Lipinski definition) is 2. The third-order valence-electron chi connectivity index (χ3n) is 3.55. The first-order valence-electron chi connectivity index (χ1n) is 7.05. The molecule has 1 heterocycles. The van der Waals surface area contributed by atoms with Gasteiger partial charge in [0.25, 0.3) is 11.8 Å². The van der Waals surface area contributed by atoms with Gasteiger partial charge in [0.1, 0.15) is 0 Å². The molecular weight excluding hydrogens is 328 g/mol. The van der Waals surface area contributed by atoms with E-state index in [1.54, 1.807) is 16.8 Å². The Labute approximate surface area is 141 Å². The van der Waals surface area contributed by atoms with E-state index in [2.05, 4.69) is 0 Å². The molecule has 2 aromatic carbocycles. The van der Waals surface area contributed by atoms with Crippen LogP contribution in [0.3, 0.4) is 0 Å². The molecule has 3 rings (SSSR count). The topological polar surface area (TPSA) is 78.9 Å². The van der Waals surface area contributed by atoms with E-state index in [1.807, 2.05) is 29.6 Å². The van der Waals surface area contributed by atoms with Crippen molar-refractivity contribution in [2.24, 2.45) is 0 Å². The number of hydrogen-bond acceptors (Lipinski definition) is 5. The average molecular weight is 342 g/mol. The molecule has 122 valence electrons. The summed E-state index contributed by atoms with van der Waals surface area (Å²) in [5.74, 6) is -0.993. The maximum Gasteiger partial charge on any atom is 0.282 e. The molecule has 2 amide bonds. The minimum absolute atomic E-state index is 0.248. The van der Waals surface area contributed by atoms with Gasteiger partial charge in [-0.2, -0.15) is 5.06 Å². The maximum atomic E-state index is 12.7. The molecule has 1 aromatic heterocycles. The Morgan fingerprint density at radius 1 is 1.08 bits per heavy atom. The van der Waals surface area contributed by atoms with Gasteiger partial charge in [0.15, 0.2) is 0 Å². The fourth-order valence-corrected chi connectivity index (χ4v) is 3.20. The minimum atomic E-state index is -0.638. The van der Waals surface area contributed by atoms with Crippen molar-refractivity contribution in [1.82, 2.24) is 5.48 Å². The lowest BCUT2D eigenvalue weighted by Crippen LogP contribution is -2.30. The van der Waals surface area contributed by atoms with Gasteiger partial charge in [0, 0.05) is 21.2 Å². The van der Waals surface area contributed by atoms with Crippen LogP contribution < -0.4 is 10.5 Å². The molecule has 0 unspecified atom stereocenters. The largest absolute Gasteiger partial charge is 0.288 e. The molecule has 3 aromatic rings. The Morgan fingerprint density at radius 3 is 2.46 bits per heavy atom. The minimum Gasteiger partial charge on any atom is -0.288 e. The summed E-state index contributed by atoms with van der Waals surface area (Å²) in [6.45, 7) is 0. The molecule has 0 bridgehead atoms. The lowest BCUT2D eigenvalue weighted by molar-refractivity contribution is 0.0705. The number of hydroxylamine groups is 2. The van der Waals surface area contributed by atoms with E-state index in [0.717, 1.165) is 10.1 Å². The van der Waals surface area contributed by atoms with Crippen molar-refractivity contribution in [1.29, 1.82) is 0 Å². The van der Waals surface area contributed by atoms with E-state index >= 15 is 0 Å². The second kappa shape index (κ2) is 6.79. The van der Waals surface area contributed by atoms with Crippen molar-refractivity contribution in [3.63, 3.8) is 0 Å². The number of amides is 2. The van der Waals surface area contributed by atoms with Crippen LogP contribution in [0.4, 0.5) is 5.69 Å². The van der Waals surface area contributed by atoms with Crippen LogP contribution in [-0.2, 0) is 4.84 Å². The van der Waals surface area contributed by atoms with Crippen molar-refractivity contribution in [3.05, 3.63) is 65.0 Å². The van der Waals surface area contributed by atoms with E-state index < -0.39 is 5.91 Å². The standard InChI is InChI=1S/C17H14N2O4S/c1-23-19(14-3-2-4-15-13(14)9-10-24-15)17(21)12-7-5-11(6-8-12)16(20)18-22/h2-10,22H,1H3,(H,18,20). The molecule has 2 N–H and O–H groups in total. The van der Waals surface area contributed by atoms with Crippen LogP contribution in [0.2, 0.25) is 0 Å². The zero-order valence-corrected chi connectivity index (χ0v) is 13.5. The summed E-state index contributed by atoms with van der Waals surface area (Å²) in [4.78, 5) is 29.4. The zero-order chi connectivity index (χ0) is 17.1.